The predicted octanol–water partition coefficient (Wildman–Crippen LogP) is 2.37. The van der Waals surface area contributed by atoms with Crippen molar-refractivity contribution in [3.05, 3.63) is 59.9 Å². The Kier molecular flexibility index (Phi) is 5.12. The summed E-state index contributed by atoms with van der Waals surface area (Å²) in [5.74, 6) is -0.650. The molecule has 0 unspecified atom stereocenters. The quantitative estimate of drug-likeness (QED) is 0.922. The second kappa shape index (κ2) is 7.04. The predicted molar refractivity (Wildman–Crippen MR) is 84.5 cm³/mol. The van der Waals surface area contributed by atoms with Crippen molar-refractivity contribution >= 4 is 11.6 Å². The smallest absolute Gasteiger partial charge is 0.243 e. The molecule has 2 aromatic rings. The molecule has 2 aromatic carbocycles. The summed E-state index contributed by atoms with van der Waals surface area (Å²) in [6, 6.07) is 13.2. The van der Waals surface area contributed by atoms with Gasteiger partial charge in [-0.3, -0.25) is 4.79 Å². The summed E-state index contributed by atoms with van der Waals surface area (Å²) >= 11 is 0. The number of hydrogen-bond donors (Lipinski definition) is 1. The number of nitrogens with two attached hydrogens (primary N) is 1. The third-order valence-corrected chi connectivity index (χ3v) is 3.47. The first-order valence-corrected chi connectivity index (χ1v) is 6.93. The van der Waals surface area contributed by atoms with Crippen molar-refractivity contribution in [1.82, 2.24) is 0 Å². The highest BCUT2D eigenvalue weighted by Gasteiger charge is 2.20. The first-order valence-electron chi connectivity index (χ1n) is 6.93. The number of nitrogens with zero attached hydrogens (tertiary/aromatic N) is 1. The first kappa shape index (κ1) is 16.0. The Morgan fingerprint density at radius 2 is 1.95 bits per heavy atom. The number of rotatable bonds is 5. The van der Waals surface area contributed by atoms with E-state index in [9.17, 15) is 9.18 Å². The standard InChI is InChI=1S/C17H19FN2O2/c1-20(13-8-9-16(22-2)14(18)11-13)17(21)15(19)10-12-6-4-3-5-7-12/h3-9,11,15H,10,19H2,1-2H3/t15-/m0/s1. The van der Waals surface area contributed by atoms with E-state index in [2.05, 4.69) is 0 Å². The molecule has 0 aromatic heterocycles. The summed E-state index contributed by atoms with van der Waals surface area (Å²) in [7, 11) is 2.97. The van der Waals surface area contributed by atoms with Gasteiger partial charge in [-0.05, 0) is 24.1 Å². The molecule has 0 aliphatic rings. The number of hydrogen-bond acceptors (Lipinski definition) is 3. The van der Waals surface area contributed by atoms with Crippen LogP contribution in [0.5, 0.6) is 5.75 Å². The minimum absolute atomic E-state index is 0.137. The molecule has 22 heavy (non-hydrogen) atoms. The van der Waals surface area contributed by atoms with Crippen molar-refractivity contribution < 1.29 is 13.9 Å². The monoisotopic (exact) mass is 302 g/mol. The van der Waals surface area contributed by atoms with Crippen molar-refractivity contribution in [3.63, 3.8) is 0 Å². The maximum absolute atomic E-state index is 13.7. The van der Waals surface area contributed by atoms with Crippen molar-refractivity contribution in [2.24, 2.45) is 5.73 Å². The van der Waals surface area contributed by atoms with Crippen LogP contribution in [0.3, 0.4) is 0 Å². The van der Waals surface area contributed by atoms with Crippen LogP contribution in [0, 0.1) is 5.82 Å². The average Bonchev–Trinajstić information content (AvgIpc) is 2.54. The summed E-state index contributed by atoms with van der Waals surface area (Å²) in [6.07, 6.45) is 0.433. The Balaban J connectivity index is 2.09. The molecule has 0 saturated carbocycles. The Morgan fingerprint density at radius 1 is 1.27 bits per heavy atom. The molecule has 0 aliphatic heterocycles. The van der Waals surface area contributed by atoms with Crippen LogP contribution in [-0.4, -0.2) is 26.1 Å². The van der Waals surface area contributed by atoms with Gasteiger partial charge in [0.25, 0.3) is 0 Å². The molecule has 1 atom stereocenters. The summed E-state index contributed by atoms with van der Waals surface area (Å²) in [5.41, 5.74) is 7.39. The molecular formula is C17H19FN2O2. The van der Waals surface area contributed by atoms with E-state index in [1.165, 1.54) is 24.1 Å². The van der Waals surface area contributed by atoms with Crippen LogP contribution in [0.15, 0.2) is 48.5 Å². The number of carbonyl (C=O) groups excluding carboxylic acids is 1. The fourth-order valence-electron chi connectivity index (χ4n) is 2.20. The van der Waals surface area contributed by atoms with Gasteiger partial charge < -0.3 is 15.4 Å². The van der Waals surface area contributed by atoms with Gasteiger partial charge in [-0.15, -0.1) is 0 Å². The van der Waals surface area contributed by atoms with Gasteiger partial charge in [0.05, 0.1) is 13.2 Å². The molecular weight excluding hydrogens is 283 g/mol. The number of ether oxygens (including phenoxy) is 1. The lowest BCUT2D eigenvalue weighted by molar-refractivity contribution is -0.119. The van der Waals surface area contributed by atoms with Gasteiger partial charge in [0, 0.05) is 18.8 Å². The van der Waals surface area contributed by atoms with Crippen molar-refractivity contribution in [2.45, 2.75) is 12.5 Å². The molecule has 0 bridgehead atoms. The lowest BCUT2D eigenvalue weighted by atomic mass is 10.1. The minimum atomic E-state index is -0.683. The Labute approximate surface area is 129 Å². The maximum atomic E-state index is 13.7. The molecule has 4 nitrogen and oxygen atoms in total. The van der Waals surface area contributed by atoms with Crippen LogP contribution in [0.1, 0.15) is 5.56 Å². The number of benzene rings is 2. The van der Waals surface area contributed by atoms with Gasteiger partial charge >= 0.3 is 0 Å². The van der Waals surface area contributed by atoms with E-state index < -0.39 is 11.9 Å². The van der Waals surface area contributed by atoms with Gasteiger partial charge in [-0.25, -0.2) is 4.39 Å². The second-order valence-corrected chi connectivity index (χ2v) is 5.01. The lowest BCUT2D eigenvalue weighted by Crippen LogP contribution is -2.43. The molecule has 0 fully saturated rings. The molecule has 2 N–H and O–H groups in total. The van der Waals surface area contributed by atoms with E-state index in [4.69, 9.17) is 10.5 Å². The van der Waals surface area contributed by atoms with Crippen LogP contribution in [-0.2, 0) is 11.2 Å². The highest BCUT2D eigenvalue weighted by atomic mass is 19.1. The van der Waals surface area contributed by atoms with Gasteiger partial charge in [-0.2, -0.15) is 0 Å². The lowest BCUT2D eigenvalue weighted by Gasteiger charge is -2.22. The molecule has 5 heteroatoms. The Bertz CT molecular complexity index is 646. The highest BCUT2D eigenvalue weighted by Crippen LogP contribution is 2.23. The number of amides is 1. The summed E-state index contributed by atoms with van der Waals surface area (Å²) < 4.78 is 18.6. The van der Waals surface area contributed by atoms with Gasteiger partial charge in [0.2, 0.25) is 5.91 Å². The van der Waals surface area contributed by atoms with Crippen molar-refractivity contribution in [2.75, 3.05) is 19.1 Å². The van der Waals surface area contributed by atoms with E-state index in [1.807, 2.05) is 30.3 Å². The molecule has 0 radical (unpaired) electrons. The van der Waals surface area contributed by atoms with Crippen molar-refractivity contribution in [3.8, 4) is 5.75 Å². The zero-order chi connectivity index (χ0) is 16.1. The summed E-state index contributed by atoms with van der Waals surface area (Å²) in [5, 5.41) is 0. The average molecular weight is 302 g/mol. The number of anilines is 1. The summed E-state index contributed by atoms with van der Waals surface area (Å²) in [6.45, 7) is 0. The van der Waals surface area contributed by atoms with E-state index >= 15 is 0 Å². The van der Waals surface area contributed by atoms with Crippen LogP contribution in [0.25, 0.3) is 0 Å². The normalized spacial score (nSPS) is 11.8. The fraction of sp³-hybridized carbons (Fsp3) is 0.235. The van der Waals surface area contributed by atoms with Crippen LogP contribution < -0.4 is 15.4 Å². The maximum Gasteiger partial charge on any atom is 0.243 e. The number of halogens is 1. The first-order chi connectivity index (χ1) is 10.5. The van der Waals surface area contributed by atoms with E-state index in [1.54, 1.807) is 13.1 Å². The van der Waals surface area contributed by atoms with Crippen LogP contribution >= 0.6 is 0 Å². The molecule has 0 heterocycles. The fourth-order valence-corrected chi connectivity index (χ4v) is 2.20. The Morgan fingerprint density at radius 3 is 2.55 bits per heavy atom. The highest BCUT2D eigenvalue weighted by molar-refractivity contribution is 5.96. The summed E-state index contributed by atoms with van der Waals surface area (Å²) in [4.78, 5) is 13.7. The number of carbonyl (C=O) groups is 1. The zero-order valence-electron chi connectivity index (χ0n) is 12.6. The van der Waals surface area contributed by atoms with E-state index in [-0.39, 0.29) is 11.7 Å². The molecule has 2 rings (SSSR count). The molecule has 0 aliphatic carbocycles. The van der Waals surface area contributed by atoms with Crippen LogP contribution in [0.2, 0.25) is 0 Å². The Hall–Kier alpha value is -2.40. The van der Waals surface area contributed by atoms with Crippen LogP contribution in [0.4, 0.5) is 10.1 Å². The van der Waals surface area contributed by atoms with Crippen molar-refractivity contribution in [1.29, 1.82) is 0 Å². The molecule has 0 spiro atoms. The van der Waals surface area contributed by atoms with Gasteiger partial charge in [0.1, 0.15) is 0 Å². The van der Waals surface area contributed by atoms with E-state index in [0.29, 0.717) is 12.1 Å². The topological polar surface area (TPSA) is 55.6 Å². The molecule has 1 amide bonds. The number of likely N-dealkylation sites (N-methyl/N-ethyl adjacent to an activating group) is 1. The molecule has 0 saturated heterocycles. The zero-order valence-corrected chi connectivity index (χ0v) is 12.6. The SMILES string of the molecule is COc1ccc(N(C)C(=O)[C@@H](N)Cc2ccccc2)cc1F. The van der Waals surface area contributed by atoms with Gasteiger partial charge in [0.15, 0.2) is 11.6 Å². The van der Waals surface area contributed by atoms with Gasteiger partial charge in [-0.1, -0.05) is 30.3 Å². The minimum Gasteiger partial charge on any atom is -0.494 e. The molecule has 116 valence electrons. The van der Waals surface area contributed by atoms with E-state index in [0.717, 1.165) is 5.56 Å². The number of methoxy groups -OCH3 is 1. The largest absolute Gasteiger partial charge is 0.494 e. The second-order valence-electron chi connectivity index (χ2n) is 5.01. The third kappa shape index (κ3) is 3.62. The third-order valence-electron chi connectivity index (χ3n) is 3.47.